The Bertz CT molecular complexity index is 456. The van der Waals surface area contributed by atoms with Crippen molar-refractivity contribution >= 4 is 17.4 Å². The monoisotopic (exact) mass is 235 g/mol. The van der Waals surface area contributed by atoms with Crippen LogP contribution < -0.4 is 10.1 Å². The molecule has 0 bridgehead atoms. The Morgan fingerprint density at radius 1 is 1.24 bits per heavy atom. The van der Waals surface area contributed by atoms with Gasteiger partial charge in [-0.25, -0.2) is 0 Å². The van der Waals surface area contributed by atoms with Crippen LogP contribution in [0.15, 0.2) is 18.2 Å². The number of ketones is 1. The Labute approximate surface area is 98.7 Å². The third-order valence-electron chi connectivity index (χ3n) is 2.39. The number of carbonyl (C=O) groups is 2. The van der Waals surface area contributed by atoms with Crippen LogP contribution in [0.2, 0.25) is 0 Å². The largest absolute Gasteiger partial charge is 0.491 e. The van der Waals surface area contributed by atoms with Gasteiger partial charge in [0.15, 0.2) is 0 Å². The summed E-state index contributed by atoms with van der Waals surface area (Å²) in [5.41, 5.74) is 0.904. The van der Waals surface area contributed by atoms with Crippen molar-refractivity contribution in [1.82, 2.24) is 0 Å². The van der Waals surface area contributed by atoms with Gasteiger partial charge in [-0.05, 0) is 25.1 Å². The van der Waals surface area contributed by atoms with Gasteiger partial charge in [0.05, 0.1) is 17.9 Å². The van der Waals surface area contributed by atoms with Gasteiger partial charge in [0.1, 0.15) is 12.4 Å². The Morgan fingerprint density at radius 2 is 2.06 bits per heavy atom. The minimum Gasteiger partial charge on any atom is -0.491 e. The number of carbonyl (C=O) groups excluding carboxylic acids is 2. The topological polar surface area (TPSA) is 64.6 Å². The van der Waals surface area contributed by atoms with Gasteiger partial charge >= 0.3 is 0 Å². The molecule has 0 unspecified atom stereocenters. The third kappa shape index (κ3) is 2.45. The standard InChI is InChI=1S/C12H13NO4/c1-2-16-5-6-17-8-3-4-10-9(7-8)11(14)12(15)13-10/h3-4,7H,2,5-6H2,1H3,(H,13,14,15). The van der Waals surface area contributed by atoms with Crippen LogP contribution in [0.3, 0.4) is 0 Å². The Balaban J connectivity index is 2.02. The number of hydrogen-bond donors (Lipinski definition) is 1. The first-order valence-electron chi connectivity index (χ1n) is 5.42. The molecule has 0 aliphatic carbocycles. The summed E-state index contributed by atoms with van der Waals surface area (Å²) in [5.74, 6) is -0.546. The van der Waals surface area contributed by atoms with Crippen molar-refractivity contribution in [2.24, 2.45) is 0 Å². The number of fused-ring (bicyclic) bond motifs is 1. The summed E-state index contributed by atoms with van der Waals surface area (Å²) >= 11 is 0. The fourth-order valence-electron chi connectivity index (χ4n) is 1.57. The summed E-state index contributed by atoms with van der Waals surface area (Å²) in [4.78, 5) is 22.6. The Morgan fingerprint density at radius 3 is 2.82 bits per heavy atom. The zero-order valence-corrected chi connectivity index (χ0v) is 9.49. The van der Waals surface area contributed by atoms with Crippen molar-refractivity contribution in [3.8, 4) is 5.75 Å². The molecule has 5 heteroatoms. The molecular weight excluding hydrogens is 222 g/mol. The molecule has 0 saturated carbocycles. The van der Waals surface area contributed by atoms with Crippen molar-refractivity contribution < 1.29 is 19.1 Å². The van der Waals surface area contributed by atoms with Gasteiger partial charge < -0.3 is 14.8 Å². The van der Waals surface area contributed by atoms with E-state index in [0.717, 1.165) is 0 Å². The third-order valence-corrected chi connectivity index (χ3v) is 2.39. The number of amides is 1. The first-order valence-corrected chi connectivity index (χ1v) is 5.42. The fraction of sp³-hybridized carbons (Fsp3) is 0.333. The molecule has 1 heterocycles. The van der Waals surface area contributed by atoms with E-state index in [1.165, 1.54) is 0 Å². The SMILES string of the molecule is CCOCCOc1ccc2c(c1)C(=O)C(=O)N2. The summed E-state index contributed by atoms with van der Waals surface area (Å²) < 4.78 is 10.5. The van der Waals surface area contributed by atoms with Crippen LogP contribution in [-0.4, -0.2) is 31.5 Å². The van der Waals surface area contributed by atoms with E-state index in [0.29, 0.717) is 36.8 Å². The lowest BCUT2D eigenvalue weighted by molar-refractivity contribution is -0.112. The Hall–Kier alpha value is -1.88. The minimum absolute atomic E-state index is 0.365. The van der Waals surface area contributed by atoms with Gasteiger partial charge in [-0.2, -0.15) is 0 Å². The van der Waals surface area contributed by atoms with Gasteiger partial charge in [0.2, 0.25) is 0 Å². The highest BCUT2D eigenvalue weighted by Gasteiger charge is 2.28. The van der Waals surface area contributed by atoms with Crippen LogP contribution in [-0.2, 0) is 9.53 Å². The van der Waals surface area contributed by atoms with Crippen LogP contribution in [0.1, 0.15) is 17.3 Å². The van der Waals surface area contributed by atoms with Gasteiger partial charge in [-0.3, -0.25) is 9.59 Å². The molecule has 17 heavy (non-hydrogen) atoms. The zero-order valence-electron chi connectivity index (χ0n) is 9.49. The molecule has 0 saturated heterocycles. The molecule has 1 aromatic carbocycles. The predicted molar refractivity (Wildman–Crippen MR) is 61.4 cm³/mol. The lowest BCUT2D eigenvalue weighted by Gasteiger charge is -2.07. The number of Topliss-reactive ketones (excluding diaryl/α,β-unsaturated/α-hetero) is 1. The highest BCUT2D eigenvalue weighted by Crippen LogP contribution is 2.27. The van der Waals surface area contributed by atoms with E-state index in [2.05, 4.69) is 5.32 Å². The van der Waals surface area contributed by atoms with Crippen LogP contribution in [0.4, 0.5) is 5.69 Å². The van der Waals surface area contributed by atoms with E-state index in [4.69, 9.17) is 9.47 Å². The smallest absolute Gasteiger partial charge is 0.296 e. The molecule has 1 aromatic rings. The van der Waals surface area contributed by atoms with Crippen molar-refractivity contribution in [3.05, 3.63) is 23.8 Å². The second kappa shape index (κ2) is 4.97. The molecule has 0 aromatic heterocycles. The molecule has 0 spiro atoms. The number of benzene rings is 1. The molecule has 2 rings (SSSR count). The van der Waals surface area contributed by atoms with Crippen LogP contribution in [0.5, 0.6) is 5.75 Å². The number of hydrogen-bond acceptors (Lipinski definition) is 4. The first kappa shape index (κ1) is 11.6. The van der Waals surface area contributed by atoms with E-state index >= 15 is 0 Å². The van der Waals surface area contributed by atoms with E-state index in [-0.39, 0.29) is 0 Å². The fourth-order valence-corrected chi connectivity index (χ4v) is 1.57. The predicted octanol–water partition coefficient (Wildman–Crippen LogP) is 1.24. The maximum Gasteiger partial charge on any atom is 0.296 e. The summed E-state index contributed by atoms with van der Waals surface area (Å²) in [6.07, 6.45) is 0. The number of nitrogens with one attached hydrogen (secondary N) is 1. The molecule has 1 amide bonds. The van der Waals surface area contributed by atoms with Crippen molar-refractivity contribution in [3.63, 3.8) is 0 Å². The van der Waals surface area contributed by atoms with E-state index in [1.807, 2.05) is 6.92 Å². The molecule has 0 fully saturated rings. The average molecular weight is 235 g/mol. The quantitative estimate of drug-likeness (QED) is 0.616. The highest BCUT2D eigenvalue weighted by molar-refractivity contribution is 6.51. The highest BCUT2D eigenvalue weighted by atomic mass is 16.5. The van der Waals surface area contributed by atoms with E-state index < -0.39 is 11.7 Å². The molecule has 1 aliphatic rings. The van der Waals surface area contributed by atoms with Gasteiger partial charge in [0, 0.05) is 6.61 Å². The molecule has 1 aliphatic heterocycles. The first-order chi connectivity index (χ1) is 8.22. The van der Waals surface area contributed by atoms with Crippen LogP contribution in [0.25, 0.3) is 0 Å². The van der Waals surface area contributed by atoms with E-state index in [9.17, 15) is 9.59 Å². The molecule has 5 nitrogen and oxygen atoms in total. The second-order valence-electron chi connectivity index (χ2n) is 3.54. The molecule has 90 valence electrons. The van der Waals surface area contributed by atoms with Crippen LogP contribution >= 0.6 is 0 Å². The summed E-state index contributed by atoms with van der Waals surface area (Å²) in [6.45, 7) is 3.47. The molecular formula is C12H13NO4. The maximum atomic E-state index is 11.4. The van der Waals surface area contributed by atoms with Crippen molar-refractivity contribution in [1.29, 1.82) is 0 Å². The van der Waals surface area contributed by atoms with Gasteiger partial charge in [-0.15, -0.1) is 0 Å². The Kier molecular flexibility index (Phi) is 3.39. The van der Waals surface area contributed by atoms with Crippen molar-refractivity contribution in [2.45, 2.75) is 6.92 Å². The average Bonchev–Trinajstić information content (AvgIpc) is 2.61. The summed E-state index contributed by atoms with van der Waals surface area (Å²) in [7, 11) is 0. The number of rotatable bonds is 5. The normalized spacial score (nSPS) is 13.5. The summed E-state index contributed by atoms with van der Waals surface area (Å²) in [6, 6.07) is 4.94. The molecule has 0 atom stereocenters. The number of ether oxygens (including phenoxy) is 2. The second-order valence-corrected chi connectivity index (χ2v) is 3.54. The van der Waals surface area contributed by atoms with E-state index in [1.54, 1.807) is 18.2 Å². The molecule has 0 radical (unpaired) electrons. The van der Waals surface area contributed by atoms with Gasteiger partial charge in [-0.1, -0.05) is 0 Å². The minimum atomic E-state index is -0.591. The molecule has 1 N–H and O–H groups in total. The maximum absolute atomic E-state index is 11.4. The van der Waals surface area contributed by atoms with Crippen LogP contribution in [0, 0.1) is 0 Å². The number of anilines is 1. The van der Waals surface area contributed by atoms with Gasteiger partial charge in [0.25, 0.3) is 11.7 Å². The zero-order chi connectivity index (χ0) is 12.3. The van der Waals surface area contributed by atoms with Crippen molar-refractivity contribution in [2.75, 3.05) is 25.1 Å². The lowest BCUT2D eigenvalue weighted by atomic mass is 10.1. The summed E-state index contributed by atoms with van der Waals surface area (Å²) in [5, 5.41) is 2.48. The lowest BCUT2D eigenvalue weighted by Crippen LogP contribution is -2.12.